The standard InChI is InChI=1S/C11H8Cl2N4S/c12-6-1-2-8(7(13)5-6)17-11-9(10(14)18)15-3-4-16-11/h1-5H,(H2,14,18)(H,16,17). The molecule has 7 heteroatoms. The molecule has 0 aliphatic carbocycles. The minimum atomic E-state index is 0.163. The van der Waals surface area contributed by atoms with Crippen LogP contribution in [0.1, 0.15) is 5.69 Å². The Balaban J connectivity index is 2.37. The number of halogens is 2. The molecule has 0 bridgehead atoms. The minimum Gasteiger partial charge on any atom is -0.388 e. The average molecular weight is 299 g/mol. The molecule has 0 spiro atoms. The molecule has 2 aromatic rings. The maximum absolute atomic E-state index is 6.05. The van der Waals surface area contributed by atoms with E-state index in [9.17, 15) is 0 Å². The van der Waals surface area contributed by atoms with E-state index in [2.05, 4.69) is 15.3 Å². The van der Waals surface area contributed by atoms with E-state index in [-0.39, 0.29) is 4.99 Å². The van der Waals surface area contributed by atoms with Crippen molar-refractivity contribution >= 4 is 51.9 Å². The smallest absolute Gasteiger partial charge is 0.159 e. The number of aromatic nitrogens is 2. The van der Waals surface area contributed by atoms with E-state index in [0.29, 0.717) is 27.2 Å². The Morgan fingerprint density at radius 1 is 1.22 bits per heavy atom. The van der Waals surface area contributed by atoms with Crippen LogP contribution < -0.4 is 11.1 Å². The largest absolute Gasteiger partial charge is 0.388 e. The number of benzene rings is 1. The minimum absolute atomic E-state index is 0.163. The number of hydrogen-bond acceptors (Lipinski definition) is 4. The molecule has 4 nitrogen and oxygen atoms in total. The van der Waals surface area contributed by atoms with Crippen molar-refractivity contribution in [3.05, 3.63) is 46.3 Å². The van der Waals surface area contributed by atoms with Crippen molar-refractivity contribution in [2.24, 2.45) is 5.73 Å². The molecule has 18 heavy (non-hydrogen) atoms. The van der Waals surface area contributed by atoms with Crippen molar-refractivity contribution in [2.75, 3.05) is 5.32 Å². The van der Waals surface area contributed by atoms with Gasteiger partial charge in [0.15, 0.2) is 5.82 Å². The van der Waals surface area contributed by atoms with Gasteiger partial charge >= 0.3 is 0 Å². The van der Waals surface area contributed by atoms with Gasteiger partial charge in [0, 0.05) is 17.4 Å². The number of rotatable bonds is 3. The molecule has 0 aliphatic rings. The molecule has 0 aliphatic heterocycles. The van der Waals surface area contributed by atoms with Crippen LogP contribution in [0.5, 0.6) is 0 Å². The van der Waals surface area contributed by atoms with Gasteiger partial charge in [-0.05, 0) is 18.2 Å². The van der Waals surface area contributed by atoms with Gasteiger partial charge in [0.25, 0.3) is 0 Å². The van der Waals surface area contributed by atoms with Crippen LogP contribution in [0.4, 0.5) is 11.5 Å². The zero-order valence-corrected chi connectivity index (χ0v) is 11.4. The fourth-order valence-corrected chi connectivity index (χ4v) is 1.93. The van der Waals surface area contributed by atoms with Crippen LogP contribution in [0, 0.1) is 0 Å². The zero-order valence-electron chi connectivity index (χ0n) is 9.02. The van der Waals surface area contributed by atoms with Crippen molar-refractivity contribution in [3.63, 3.8) is 0 Å². The summed E-state index contributed by atoms with van der Waals surface area (Å²) in [5.41, 5.74) is 6.63. The summed E-state index contributed by atoms with van der Waals surface area (Å²) in [4.78, 5) is 8.35. The summed E-state index contributed by atoms with van der Waals surface area (Å²) >= 11 is 16.8. The molecule has 1 aromatic heterocycles. The van der Waals surface area contributed by atoms with E-state index < -0.39 is 0 Å². The van der Waals surface area contributed by atoms with Gasteiger partial charge in [-0.25, -0.2) is 9.97 Å². The number of nitrogens with two attached hydrogens (primary N) is 1. The van der Waals surface area contributed by atoms with Crippen molar-refractivity contribution in [2.45, 2.75) is 0 Å². The van der Waals surface area contributed by atoms with Gasteiger partial charge in [0.1, 0.15) is 10.7 Å². The Morgan fingerprint density at radius 2 is 1.94 bits per heavy atom. The van der Waals surface area contributed by atoms with Crippen molar-refractivity contribution < 1.29 is 0 Å². The summed E-state index contributed by atoms with van der Waals surface area (Å²) in [5, 5.41) is 4.05. The summed E-state index contributed by atoms with van der Waals surface area (Å²) in [7, 11) is 0. The number of thiocarbonyl (C=S) groups is 1. The van der Waals surface area contributed by atoms with Crippen molar-refractivity contribution in [3.8, 4) is 0 Å². The third-order valence-corrected chi connectivity index (χ3v) is 2.86. The van der Waals surface area contributed by atoms with Crippen molar-refractivity contribution in [1.29, 1.82) is 0 Å². The Bertz CT molecular complexity index is 603. The SMILES string of the molecule is NC(=S)c1nccnc1Nc1ccc(Cl)cc1Cl. The first-order valence-electron chi connectivity index (χ1n) is 4.91. The van der Waals surface area contributed by atoms with Crippen LogP contribution in [0.15, 0.2) is 30.6 Å². The molecule has 0 amide bonds. The highest BCUT2D eigenvalue weighted by atomic mass is 35.5. The maximum Gasteiger partial charge on any atom is 0.159 e. The normalized spacial score (nSPS) is 10.1. The fraction of sp³-hybridized carbons (Fsp3) is 0. The van der Waals surface area contributed by atoms with E-state index in [0.717, 1.165) is 0 Å². The van der Waals surface area contributed by atoms with E-state index in [1.165, 1.54) is 12.4 Å². The van der Waals surface area contributed by atoms with Gasteiger partial charge in [-0.1, -0.05) is 35.4 Å². The Kier molecular flexibility index (Phi) is 3.96. The van der Waals surface area contributed by atoms with Gasteiger partial charge in [-0.2, -0.15) is 0 Å². The molecule has 1 aromatic carbocycles. The quantitative estimate of drug-likeness (QED) is 0.852. The fourth-order valence-electron chi connectivity index (χ4n) is 1.33. The van der Waals surface area contributed by atoms with Crippen LogP contribution in [0.25, 0.3) is 0 Å². The topological polar surface area (TPSA) is 63.8 Å². The Morgan fingerprint density at radius 3 is 2.61 bits per heavy atom. The highest BCUT2D eigenvalue weighted by Gasteiger charge is 2.09. The third kappa shape index (κ3) is 2.87. The van der Waals surface area contributed by atoms with Crippen LogP contribution in [0.3, 0.4) is 0 Å². The lowest BCUT2D eigenvalue weighted by Crippen LogP contribution is -2.15. The lowest BCUT2D eigenvalue weighted by atomic mass is 10.3. The van der Waals surface area contributed by atoms with E-state index in [1.807, 2.05) is 0 Å². The molecule has 0 fully saturated rings. The molecule has 0 saturated carbocycles. The molecule has 0 unspecified atom stereocenters. The van der Waals surface area contributed by atoms with Crippen LogP contribution in [-0.4, -0.2) is 15.0 Å². The first-order valence-corrected chi connectivity index (χ1v) is 6.07. The van der Waals surface area contributed by atoms with E-state index in [1.54, 1.807) is 18.2 Å². The second kappa shape index (κ2) is 5.48. The van der Waals surface area contributed by atoms with Gasteiger partial charge in [-0.15, -0.1) is 0 Å². The van der Waals surface area contributed by atoms with Crippen LogP contribution >= 0.6 is 35.4 Å². The van der Waals surface area contributed by atoms with Crippen molar-refractivity contribution in [1.82, 2.24) is 9.97 Å². The van der Waals surface area contributed by atoms with Crippen LogP contribution in [-0.2, 0) is 0 Å². The van der Waals surface area contributed by atoms with E-state index >= 15 is 0 Å². The highest BCUT2D eigenvalue weighted by molar-refractivity contribution is 7.80. The second-order valence-electron chi connectivity index (χ2n) is 3.37. The molecule has 3 N–H and O–H groups in total. The molecular formula is C11H8Cl2N4S. The molecular weight excluding hydrogens is 291 g/mol. The lowest BCUT2D eigenvalue weighted by molar-refractivity contribution is 1.18. The monoisotopic (exact) mass is 298 g/mol. The third-order valence-electron chi connectivity index (χ3n) is 2.12. The number of hydrogen-bond donors (Lipinski definition) is 2. The number of nitrogens with one attached hydrogen (secondary N) is 1. The summed E-state index contributed by atoms with van der Waals surface area (Å²) in [6.07, 6.45) is 3.05. The predicted molar refractivity (Wildman–Crippen MR) is 77.7 cm³/mol. The molecule has 92 valence electrons. The first-order chi connectivity index (χ1) is 8.58. The van der Waals surface area contributed by atoms with Gasteiger partial charge in [0.2, 0.25) is 0 Å². The summed E-state index contributed by atoms with van der Waals surface area (Å²) in [6, 6.07) is 5.08. The molecule has 0 atom stereocenters. The van der Waals surface area contributed by atoms with Gasteiger partial charge < -0.3 is 11.1 Å². The lowest BCUT2D eigenvalue weighted by Gasteiger charge is -2.10. The Labute approximate surface area is 119 Å². The summed E-state index contributed by atoms with van der Waals surface area (Å²) in [6.45, 7) is 0. The number of nitrogens with zero attached hydrogens (tertiary/aromatic N) is 2. The summed E-state index contributed by atoms with van der Waals surface area (Å²) in [5.74, 6) is 0.453. The highest BCUT2D eigenvalue weighted by Crippen LogP contribution is 2.28. The van der Waals surface area contributed by atoms with Gasteiger partial charge in [-0.3, -0.25) is 0 Å². The van der Waals surface area contributed by atoms with E-state index in [4.69, 9.17) is 41.2 Å². The molecule has 1 heterocycles. The molecule has 0 saturated heterocycles. The van der Waals surface area contributed by atoms with Crippen LogP contribution in [0.2, 0.25) is 10.0 Å². The maximum atomic E-state index is 6.05. The van der Waals surface area contributed by atoms with Gasteiger partial charge in [0.05, 0.1) is 10.7 Å². The predicted octanol–water partition coefficient (Wildman–Crippen LogP) is 3.16. The summed E-state index contributed by atoms with van der Waals surface area (Å²) < 4.78 is 0. The molecule has 0 radical (unpaired) electrons. The second-order valence-corrected chi connectivity index (χ2v) is 4.65. The molecule has 2 rings (SSSR count). The zero-order chi connectivity index (χ0) is 13.1. The number of anilines is 2. The Hall–Kier alpha value is -1.43. The average Bonchev–Trinajstić information content (AvgIpc) is 2.33. The first kappa shape index (κ1) is 13.0.